The van der Waals surface area contributed by atoms with E-state index < -0.39 is 34.5 Å². The minimum atomic E-state index is -1.00. The van der Waals surface area contributed by atoms with Crippen LogP contribution in [-0.2, 0) is 9.59 Å². The number of nitrogens with one attached hydrogen (secondary N) is 2. The first-order valence-electron chi connectivity index (χ1n) is 19.5. The number of piperazine rings is 1. The van der Waals surface area contributed by atoms with Crippen LogP contribution in [0.4, 0.5) is 11.4 Å². The third-order valence-electron chi connectivity index (χ3n) is 12.5. The number of benzene rings is 3. The highest BCUT2D eigenvalue weighted by atomic mass is 35.5. The molecule has 3 aromatic rings. The molecule has 58 heavy (non-hydrogen) atoms. The fourth-order valence-corrected chi connectivity index (χ4v) is 10.4. The largest absolute Gasteiger partial charge is 0.489 e. The fraction of sp³-hybridized carbons (Fsp3) is 0.442. The number of nitrogens with zero attached hydrogens (tertiary/aromatic N) is 5. The lowest BCUT2D eigenvalue weighted by molar-refractivity contribution is -0.164. The molecule has 4 fully saturated rings. The van der Waals surface area contributed by atoms with Crippen molar-refractivity contribution in [1.82, 2.24) is 20.4 Å². The number of rotatable bonds is 9. The van der Waals surface area contributed by atoms with Crippen molar-refractivity contribution in [1.29, 1.82) is 5.26 Å². The molecule has 4 heterocycles. The van der Waals surface area contributed by atoms with Gasteiger partial charge in [-0.25, -0.2) is 0 Å². The average Bonchev–Trinajstić information content (AvgIpc) is 3.43. The third-order valence-corrected chi connectivity index (χ3v) is 13.2. The van der Waals surface area contributed by atoms with E-state index >= 15 is 0 Å². The normalized spacial score (nSPS) is 24.6. The Hall–Kier alpha value is -5.16. The Bertz CT molecular complexity index is 2240. The maximum Gasteiger partial charge on any atom is 0.262 e. The number of fused-ring (bicyclic) bond motifs is 1. The molecular weight excluding hydrogens is 781 g/mol. The molecule has 3 aromatic carbocycles. The smallest absolute Gasteiger partial charge is 0.262 e. The summed E-state index contributed by atoms with van der Waals surface area (Å²) in [5.74, 6) is -1.65. The van der Waals surface area contributed by atoms with E-state index in [-0.39, 0.29) is 52.9 Å². The summed E-state index contributed by atoms with van der Waals surface area (Å²) < 4.78 is 6.37. The number of halogens is 2. The van der Waals surface area contributed by atoms with Crippen molar-refractivity contribution < 1.29 is 28.7 Å². The van der Waals surface area contributed by atoms with Crippen LogP contribution in [0.25, 0.3) is 0 Å². The predicted octanol–water partition coefficient (Wildman–Crippen LogP) is 4.84. The first-order chi connectivity index (χ1) is 27.5. The number of amides is 5. The van der Waals surface area contributed by atoms with Gasteiger partial charge in [-0.2, -0.15) is 5.26 Å². The monoisotopic (exact) mass is 825 g/mol. The number of carbonyl (C=O) groups is 5. The van der Waals surface area contributed by atoms with Crippen LogP contribution in [-0.4, -0.2) is 108 Å². The summed E-state index contributed by atoms with van der Waals surface area (Å²) in [6, 6.07) is 18.8. The molecule has 3 saturated heterocycles. The number of ether oxygens (including phenoxy) is 1. The molecule has 1 atom stereocenters. The maximum atomic E-state index is 13.5. The van der Waals surface area contributed by atoms with Crippen molar-refractivity contribution in [3.05, 3.63) is 87.9 Å². The third kappa shape index (κ3) is 6.95. The summed E-state index contributed by atoms with van der Waals surface area (Å²) in [4.78, 5) is 71.2. The van der Waals surface area contributed by atoms with Crippen molar-refractivity contribution in [2.45, 2.75) is 63.6 Å². The Morgan fingerprint density at radius 2 is 1.53 bits per heavy atom. The number of nitriles is 1. The summed E-state index contributed by atoms with van der Waals surface area (Å²) in [5.41, 5.74) is 2.57. The number of hydrogen-bond donors (Lipinski definition) is 2. The van der Waals surface area contributed by atoms with Crippen LogP contribution < -0.4 is 25.2 Å². The number of anilines is 2. The Balaban J connectivity index is 0.809. The van der Waals surface area contributed by atoms with Gasteiger partial charge in [-0.05, 0) is 61.0 Å². The molecule has 8 rings (SSSR count). The van der Waals surface area contributed by atoms with Gasteiger partial charge in [0.15, 0.2) is 0 Å². The van der Waals surface area contributed by atoms with Crippen LogP contribution in [0.3, 0.4) is 0 Å². The molecule has 0 bridgehead atoms. The molecule has 15 heteroatoms. The molecule has 0 aromatic heterocycles. The second-order valence-corrected chi connectivity index (χ2v) is 18.5. The van der Waals surface area contributed by atoms with E-state index in [0.717, 1.165) is 42.5 Å². The van der Waals surface area contributed by atoms with Gasteiger partial charge in [0.1, 0.15) is 24.0 Å². The van der Waals surface area contributed by atoms with E-state index in [1.807, 2.05) is 24.3 Å². The minimum absolute atomic E-state index is 0.0707. The highest BCUT2D eigenvalue weighted by Gasteiger charge is 2.64. The van der Waals surface area contributed by atoms with Crippen LogP contribution in [0.5, 0.6) is 5.75 Å². The second kappa shape index (κ2) is 14.6. The fourth-order valence-electron chi connectivity index (χ4n) is 9.77. The van der Waals surface area contributed by atoms with Crippen LogP contribution in [0.1, 0.15) is 77.2 Å². The molecule has 0 radical (unpaired) electrons. The Labute approximate surface area is 347 Å². The number of alkyl halides is 1. The molecule has 1 unspecified atom stereocenters. The summed E-state index contributed by atoms with van der Waals surface area (Å²) in [6.45, 7) is 13.4. The van der Waals surface area contributed by atoms with Crippen LogP contribution in [0.15, 0.2) is 60.7 Å². The number of hydrogen-bond acceptors (Lipinski definition) is 10. The van der Waals surface area contributed by atoms with Gasteiger partial charge < -0.3 is 19.9 Å². The van der Waals surface area contributed by atoms with E-state index in [0.29, 0.717) is 41.5 Å². The van der Waals surface area contributed by atoms with Gasteiger partial charge in [0.2, 0.25) is 11.8 Å². The molecule has 1 saturated carbocycles. The maximum absolute atomic E-state index is 13.5. The van der Waals surface area contributed by atoms with Crippen molar-refractivity contribution in [3.63, 3.8) is 0 Å². The van der Waals surface area contributed by atoms with Crippen molar-refractivity contribution >= 4 is 64.1 Å². The molecule has 302 valence electrons. The van der Waals surface area contributed by atoms with Gasteiger partial charge in [0.25, 0.3) is 17.7 Å². The molecule has 2 N–H and O–H groups in total. The van der Waals surface area contributed by atoms with Crippen molar-refractivity contribution in [2.24, 2.45) is 10.8 Å². The number of carbonyl (C=O) groups excluding carboxylic acids is 5. The van der Waals surface area contributed by atoms with Gasteiger partial charge in [-0.1, -0.05) is 39.3 Å². The standard InChI is InChI=1S/C43H45Cl2N7O6/c1-41(2)39(42(3,4)40(41)58-29-11-7-26(21-46)32(44)20-29)48-35(54)25-5-8-27(9-6-25)50-17-15-49(16-18-50)22-43(45)23-51(24-43)28-10-12-30-31(19-28)38(57)52(37(30)56)33-13-14-34(53)47-36(33)55/h5-12,19-20,33,39-40H,13-18,22-24H2,1-4H3,(H,48,54)(H,47,53,55). The van der Waals surface area contributed by atoms with E-state index in [1.165, 1.54) is 0 Å². The number of piperidine rings is 1. The average molecular weight is 827 g/mol. The lowest BCUT2D eigenvalue weighted by Gasteiger charge is -2.63. The second-order valence-electron chi connectivity index (χ2n) is 17.3. The molecule has 5 amide bonds. The van der Waals surface area contributed by atoms with Crippen LogP contribution in [0.2, 0.25) is 5.02 Å². The molecule has 13 nitrogen and oxygen atoms in total. The summed E-state index contributed by atoms with van der Waals surface area (Å²) in [6.07, 6.45) is -0.0136. The minimum Gasteiger partial charge on any atom is -0.489 e. The zero-order chi connectivity index (χ0) is 41.3. The first kappa shape index (κ1) is 39.7. The van der Waals surface area contributed by atoms with Crippen LogP contribution in [0, 0.1) is 22.2 Å². The van der Waals surface area contributed by atoms with E-state index in [1.54, 1.807) is 36.4 Å². The van der Waals surface area contributed by atoms with Gasteiger partial charge in [0, 0.05) is 92.1 Å². The lowest BCUT2D eigenvalue weighted by Crippen LogP contribution is -2.74. The van der Waals surface area contributed by atoms with Gasteiger partial charge in [-0.15, -0.1) is 11.6 Å². The van der Waals surface area contributed by atoms with Gasteiger partial charge in [-0.3, -0.25) is 39.1 Å². The van der Waals surface area contributed by atoms with Crippen LogP contribution >= 0.6 is 23.2 Å². The topological polar surface area (TPSA) is 155 Å². The Morgan fingerprint density at radius 1 is 0.879 bits per heavy atom. The Morgan fingerprint density at radius 3 is 2.17 bits per heavy atom. The molecule has 1 aliphatic carbocycles. The first-order valence-corrected chi connectivity index (χ1v) is 20.3. The molecule has 0 spiro atoms. The van der Waals surface area contributed by atoms with E-state index in [2.05, 4.69) is 59.1 Å². The van der Waals surface area contributed by atoms with E-state index in [4.69, 9.17) is 27.9 Å². The highest BCUT2D eigenvalue weighted by molar-refractivity contribution is 6.31. The zero-order valence-electron chi connectivity index (χ0n) is 32.8. The van der Waals surface area contributed by atoms with Gasteiger partial charge >= 0.3 is 0 Å². The molecule has 5 aliphatic rings. The molecule has 4 aliphatic heterocycles. The highest BCUT2D eigenvalue weighted by Crippen LogP contribution is 2.55. The summed E-state index contributed by atoms with van der Waals surface area (Å²) in [7, 11) is 0. The zero-order valence-corrected chi connectivity index (χ0v) is 34.3. The van der Waals surface area contributed by atoms with Crippen molar-refractivity contribution in [3.8, 4) is 11.8 Å². The Kier molecular flexibility index (Phi) is 9.97. The summed E-state index contributed by atoms with van der Waals surface area (Å²) in [5, 5.41) is 15.0. The lowest BCUT2D eigenvalue weighted by atomic mass is 9.49. The van der Waals surface area contributed by atoms with Crippen molar-refractivity contribution in [2.75, 3.05) is 55.6 Å². The number of imide groups is 2. The SMILES string of the molecule is CC1(C)C(NC(=O)c2ccc(N3CCN(CC4(Cl)CN(c5ccc6c(c5)C(=O)N(C5CCC(=O)NC5=O)C6=O)C4)CC3)cc2)C(C)(C)C1Oc1ccc(C#N)c(Cl)c1. The van der Waals surface area contributed by atoms with E-state index in [9.17, 15) is 29.2 Å². The quantitative estimate of drug-likeness (QED) is 0.226. The molecular formula is C43H45Cl2N7O6. The summed E-state index contributed by atoms with van der Waals surface area (Å²) >= 11 is 13.3. The van der Waals surface area contributed by atoms with Gasteiger partial charge in [0.05, 0.1) is 26.6 Å². The predicted molar refractivity (Wildman–Crippen MR) is 218 cm³/mol.